The van der Waals surface area contributed by atoms with E-state index < -0.39 is 0 Å². The zero-order valence-electron chi connectivity index (χ0n) is 10.7. The minimum atomic E-state index is 0.419. The minimum Gasteiger partial charge on any atom is -0.326 e. The molecule has 0 aromatic rings. The summed E-state index contributed by atoms with van der Waals surface area (Å²) in [4.78, 5) is 2.61. The highest BCUT2D eigenvalue weighted by atomic mass is 15.2. The van der Waals surface area contributed by atoms with Crippen molar-refractivity contribution in [3.8, 4) is 0 Å². The van der Waals surface area contributed by atoms with Crippen LogP contribution in [0.3, 0.4) is 0 Å². The van der Waals surface area contributed by atoms with E-state index in [1.807, 2.05) is 0 Å². The van der Waals surface area contributed by atoms with Gasteiger partial charge in [-0.25, -0.2) is 0 Å². The number of hydrogen-bond acceptors (Lipinski definition) is 2. The molecule has 1 aliphatic carbocycles. The summed E-state index contributed by atoms with van der Waals surface area (Å²) in [5.74, 6) is 0.805. The highest BCUT2D eigenvalue weighted by Crippen LogP contribution is 2.22. The first-order valence-electron chi connectivity index (χ1n) is 6.68. The fourth-order valence-electron chi connectivity index (χ4n) is 2.62. The Kier molecular flexibility index (Phi) is 5.62. The quantitative estimate of drug-likeness (QED) is 0.759. The van der Waals surface area contributed by atoms with Crippen LogP contribution in [0.25, 0.3) is 0 Å². The van der Waals surface area contributed by atoms with Crippen LogP contribution in [0.5, 0.6) is 0 Å². The molecular formula is C13H28N2. The number of nitrogens with zero attached hydrogens (tertiary/aromatic N) is 1. The van der Waals surface area contributed by atoms with Gasteiger partial charge in [0.25, 0.3) is 0 Å². The fourth-order valence-corrected chi connectivity index (χ4v) is 2.62. The van der Waals surface area contributed by atoms with Gasteiger partial charge in [-0.2, -0.15) is 0 Å². The van der Waals surface area contributed by atoms with Crippen LogP contribution in [0.2, 0.25) is 0 Å². The first-order chi connectivity index (χ1) is 7.19. The predicted octanol–water partition coefficient (Wildman–Crippen LogP) is 2.62. The fraction of sp³-hybridized carbons (Fsp3) is 1.00. The first kappa shape index (κ1) is 13.0. The van der Waals surface area contributed by atoms with E-state index >= 15 is 0 Å². The Morgan fingerprint density at radius 2 is 1.93 bits per heavy atom. The molecule has 0 spiro atoms. The molecule has 0 bridgehead atoms. The first-order valence-corrected chi connectivity index (χ1v) is 6.68. The summed E-state index contributed by atoms with van der Waals surface area (Å²) in [5, 5.41) is 0. The second-order valence-corrected chi connectivity index (χ2v) is 5.12. The smallest absolute Gasteiger partial charge is 0.0247 e. The lowest BCUT2D eigenvalue weighted by Gasteiger charge is -2.39. The Morgan fingerprint density at radius 3 is 2.47 bits per heavy atom. The van der Waals surface area contributed by atoms with E-state index in [2.05, 4.69) is 25.7 Å². The molecule has 0 heterocycles. The van der Waals surface area contributed by atoms with Crippen molar-refractivity contribution in [1.29, 1.82) is 0 Å². The van der Waals surface area contributed by atoms with Crippen molar-refractivity contribution in [2.75, 3.05) is 13.1 Å². The highest BCUT2D eigenvalue weighted by molar-refractivity contribution is 4.86. The maximum atomic E-state index is 6.23. The van der Waals surface area contributed by atoms with Crippen LogP contribution in [0.15, 0.2) is 0 Å². The van der Waals surface area contributed by atoms with Crippen LogP contribution >= 0.6 is 0 Å². The molecule has 2 nitrogen and oxygen atoms in total. The Morgan fingerprint density at radius 1 is 1.27 bits per heavy atom. The molecule has 1 saturated carbocycles. The number of nitrogens with two attached hydrogens (primary N) is 1. The van der Waals surface area contributed by atoms with Crippen LogP contribution in [-0.4, -0.2) is 30.1 Å². The molecule has 1 fully saturated rings. The molecule has 0 aromatic carbocycles. The Bertz CT molecular complexity index is 170. The van der Waals surface area contributed by atoms with Gasteiger partial charge < -0.3 is 5.73 Å². The summed E-state index contributed by atoms with van der Waals surface area (Å²) in [6.07, 6.45) is 6.51. The van der Waals surface area contributed by atoms with Crippen molar-refractivity contribution in [1.82, 2.24) is 4.90 Å². The number of rotatable bonds is 5. The third-order valence-corrected chi connectivity index (χ3v) is 3.90. The van der Waals surface area contributed by atoms with Gasteiger partial charge in [0, 0.05) is 18.6 Å². The van der Waals surface area contributed by atoms with Gasteiger partial charge in [0.05, 0.1) is 0 Å². The van der Waals surface area contributed by atoms with Crippen LogP contribution in [-0.2, 0) is 0 Å². The molecule has 3 unspecified atom stereocenters. The molecule has 15 heavy (non-hydrogen) atoms. The zero-order chi connectivity index (χ0) is 11.3. The summed E-state index contributed by atoms with van der Waals surface area (Å²) in [6.45, 7) is 9.27. The van der Waals surface area contributed by atoms with Gasteiger partial charge in [-0.3, -0.25) is 4.90 Å². The van der Waals surface area contributed by atoms with Gasteiger partial charge in [0.2, 0.25) is 0 Å². The van der Waals surface area contributed by atoms with Crippen molar-refractivity contribution in [2.24, 2.45) is 11.7 Å². The van der Waals surface area contributed by atoms with Gasteiger partial charge in [-0.15, -0.1) is 0 Å². The van der Waals surface area contributed by atoms with E-state index in [1.54, 1.807) is 0 Å². The largest absolute Gasteiger partial charge is 0.326 e. The monoisotopic (exact) mass is 212 g/mol. The van der Waals surface area contributed by atoms with E-state index in [0.717, 1.165) is 12.5 Å². The van der Waals surface area contributed by atoms with Crippen LogP contribution in [0, 0.1) is 5.92 Å². The Labute approximate surface area is 95.2 Å². The maximum Gasteiger partial charge on any atom is 0.0247 e. The summed E-state index contributed by atoms with van der Waals surface area (Å²) >= 11 is 0. The molecule has 0 radical (unpaired) electrons. The van der Waals surface area contributed by atoms with Gasteiger partial charge in [0.1, 0.15) is 0 Å². The Hall–Kier alpha value is -0.0800. The zero-order valence-corrected chi connectivity index (χ0v) is 10.7. The van der Waals surface area contributed by atoms with Crippen LogP contribution < -0.4 is 5.73 Å². The van der Waals surface area contributed by atoms with Gasteiger partial charge >= 0.3 is 0 Å². The summed E-state index contributed by atoms with van der Waals surface area (Å²) in [6, 6.07) is 1.07. The molecule has 1 aliphatic rings. The minimum absolute atomic E-state index is 0.419. The lowest BCUT2D eigenvalue weighted by atomic mass is 9.89. The molecule has 0 aliphatic heterocycles. The molecule has 0 amide bonds. The average molecular weight is 212 g/mol. The second-order valence-electron chi connectivity index (χ2n) is 5.12. The Balaban J connectivity index is 2.48. The van der Waals surface area contributed by atoms with E-state index in [0.29, 0.717) is 12.1 Å². The van der Waals surface area contributed by atoms with Crippen molar-refractivity contribution in [3.63, 3.8) is 0 Å². The SMILES string of the molecule is CCC(C)CN(CC)C1CCCCC1N. The van der Waals surface area contributed by atoms with E-state index in [4.69, 9.17) is 5.73 Å². The van der Waals surface area contributed by atoms with E-state index in [9.17, 15) is 0 Å². The van der Waals surface area contributed by atoms with E-state index in [-0.39, 0.29) is 0 Å². The predicted molar refractivity (Wildman–Crippen MR) is 66.9 cm³/mol. The van der Waals surface area contributed by atoms with Crippen LogP contribution in [0.1, 0.15) is 52.9 Å². The highest BCUT2D eigenvalue weighted by Gasteiger charge is 2.27. The second kappa shape index (κ2) is 6.49. The lowest BCUT2D eigenvalue weighted by Crippen LogP contribution is -2.50. The molecule has 2 N–H and O–H groups in total. The van der Waals surface area contributed by atoms with Gasteiger partial charge in [-0.05, 0) is 25.3 Å². The third kappa shape index (κ3) is 3.76. The van der Waals surface area contributed by atoms with Gasteiger partial charge in [0.15, 0.2) is 0 Å². The van der Waals surface area contributed by atoms with Crippen molar-refractivity contribution >= 4 is 0 Å². The molecule has 0 saturated heterocycles. The van der Waals surface area contributed by atoms with Crippen molar-refractivity contribution < 1.29 is 0 Å². The van der Waals surface area contributed by atoms with Crippen molar-refractivity contribution in [2.45, 2.75) is 65.0 Å². The third-order valence-electron chi connectivity index (χ3n) is 3.90. The normalized spacial score (nSPS) is 29.4. The summed E-state index contributed by atoms with van der Waals surface area (Å²) < 4.78 is 0. The van der Waals surface area contributed by atoms with Crippen LogP contribution in [0.4, 0.5) is 0 Å². The lowest BCUT2D eigenvalue weighted by molar-refractivity contribution is 0.125. The molecule has 90 valence electrons. The molecule has 2 heteroatoms. The number of hydrogen-bond donors (Lipinski definition) is 1. The number of likely N-dealkylation sites (N-methyl/N-ethyl adjacent to an activating group) is 1. The molecular weight excluding hydrogens is 184 g/mol. The van der Waals surface area contributed by atoms with E-state index in [1.165, 1.54) is 38.6 Å². The summed E-state index contributed by atoms with van der Waals surface area (Å²) in [7, 11) is 0. The topological polar surface area (TPSA) is 29.3 Å². The van der Waals surface area contributed by atoms with Gasteiger partial charge in [-0.1, -0.05) is 40.0 Å². The average Bonchev–Trinajstić information content (AvgIpc) is 2.26. The molecule has 3 atom stereocenters. The maximum absolute atomic E-state index is 6.23. The standard InChI is InChI=1S/C13H28N2/c1-4-11(3)10-15(5-2)13-9-7-6-8-12(13)14/h11-13H,4-10,14H2,1-3H3. The molecule has 1 rings (SSSR count). The molecule has 0 aromatic heterocycles. The van der Waals surface area contributed by atoms with Crippen molar-refractivity contribution in [3.05, 3.63) is 0 Å². The summed E-state index contributed by atoms with van der Waals surface area (Å²) in [5.41, 5.74) is 6.23.